The van der Waals surface area contributed by atoms with E-state index in [0.717, 1.165) is 22.2 Å². The average molecular weight is 314 g/mol. The number of hydrogen-bond donors (Lipinski definition) is 0. The minimum atomic E-state index is 0.401. The Morgan fingerprint density at radius 3 is 2.53 bits per heavy atom. The molecule has 2 bridgehead atoms. The first kappa shape index (κ1) is 12.0. The molecule has 3 atom stereocenters. The standard InChI is InChI=1S/C15H18BrCl/c16-14-5-2-11(3-6-14)8-15(10-17)9-12-1-4-13(15)7-12/h2-3,5-6,12-13H,1,4,7-10H2. The van der Waals surface area contributed by atoms with Crippen LogP contribution in [0.1, 0.15) is 31.2 Å². The van der Waals surface area contributed by atoms with Crippen molar-refractivity contribution in [3.63, 3.8) is 0 Å². The third-order valence-electron chi connectivity index (χ3n) is 4.84. The van der Waals surface area contributed by atoms with Crippen LogP contribution in [0.25, 0.3) is 0 Å². The molecule has 0 N–H and O–H groups in total. The zero-order valence-electron chi connectivity index (χ0n) is 9.96. The van der Waals surface area contributed by atoms with Gasteiger partial charge < -0.3 is 0 Å². The first-order chi connectivity index (χ1) is 8.22. The Hall–Kier alpha value is -0.0100. The van der Waals surface area contributed by atoms with Crippen molar-refractivity contribution in [1.82, 2.24) is 0 Å². The van der Waals surface area contributed by atoms with Crippen LogP contribution in [-0.4, -0.2) is 5.88 Å². The van der Waals surface area contributed by atoms with Gasteiger partial charge in [0.25, 0.3) is 0 Å². The van der Waals surface area contributed by atoms with Gasteiger partial charge in [0.2, 0.25) is 0 Å². The smallest absolute Gasteiger partial charge is 0.0285 e. The van der Waals surface area contributed by atoms with Crippen LogP contribution in [0.2, 0.25) is 0 Å². The summed E-state index contributed by atoms with van der Waals surface area (Å²) < 4.78 is 1.16. The SMILES string of the molecule is ClCC1(Cc2ccc(Br)cc2)CC2CCC1C2. The second-order valence-corrected chi connectivity index (χ2v) is 7.06. The van der Waals surface area contributed by atoms with Gasteiger partial charge in [-0.1, -0.05) is 34.5 Å². The Kier molecular flexibility index (Phi) is 3.25. The van der Waals surface area contributed by atoms with E-state index in [4.69, 9.17) is 11.6 Å². The van der Waals surface area contributed by atoms with Crippen LogP contribution >= 0.6 is 27.5 Å². The van der Waals surface area contributed by atoms with Crippen molar-refractivity contribution in [2.75, 3.05) is 5.88 Å². The van der Waals surface area contributed by atoms with Crippen molar-refractivity contribution in [3.05, 3.63) is 34.3 Å². The van der Waals surface area contributed by atoms with Gasteiger partial charge in [-0.25, -0.2) is 0 Å². The lowest BCUT2D eigenvalue weighted by Gasteiger charge is -2.36. The molecule has 0 saturated heterocycles. The van der Waals surface area contributed by atoms with Gasteiger partial charge in [0, 0.05) is 10.4 Å². The molecule has 1 aromatic rings. The van der Waals surface area contributed by atoms with Crippen LogP contribution in [0.5, 0.6) is 0 Å². The summed E-state index contributed by atoms with van der Waals surface area (Å²) in [5, 5.41) is 0. The van der Waals surface area contributed by atoms with Crippen LogP contribution in [0.15, 0.2) is 28.7 Å². The maximum absolute atomic E-state index is 6.33. The maximum Gasteiger partial charge on any atom is 0.0285 e. The first-order valence-corrected chi connectivity index (χ1v) is 7.85. The van der Waals surface area contributed by atoms with Crippen LogP contribution in [0, 0.1) is 17.3 Å². The van der Waals surface area contributed by atoms with Crippen molar-refractivity contribution in [2.45, 2.75) is 32.1 Å². The highest BCUT2D eigenvalue weighted by atomic mass is 79.9. The Morgan fingerprint density at radius 1 is 1.24 bits per heavy atom. The van der Waals surface area contributed by atoms with Gasteiger partial charge in [0.1, 0.15) is 0 Å². The van der Waals surface area contributed by atoms with Crippen LogP contribution in [0.3, 0.4) is 0 Å². The summed E-state index contributed by atoms with van der Waals surface area (Å²) in [7, 11) is 0. The van der Waals surface area contributed by atoms with Gasteiger partial charge >= 0.3 is 0 Å². The molecule has 2 aliphatic carbocycles. The van der Waals surface area contributed by atoms with E-state index in [1.165, 1.54) is 37.7 Å². The third-order valence-corrected chi connectivity index (χ3v) is 5.90. The number of rotatable bonds is 3. The summed E-state index contributed by atoms with van der Waals surface area (Å²) in [6, 6.07) is 8.77. The zero-order valence-corrected chi connectivity index (χ0v) is 12.3. The minimum absolute atomic E-state index is 0.401. The molecular weight excluding hydrogens is 296 g/mol. The van der Waals surface area contributed by atoms with Gasteiger partial charge in [0.15, 0.2) is 0 Å². The minimum Gasteiger partial charge on any atom is -0.126 e. The highest BCUT2D eigenvalue weighted by Gasteiger charge is 2.49. The van der Waals surface area contributed by atoms with Crippen LogP contribution in [0.4, 0.5) is 0 Å². The lowest BCUT2D eigenvalue weighted by atomic mass is 9.71. The highest BCUT2D eigenvalue weighted by molar-refractivity contribution is 9.10. The van der Waals surface area contributed by atoms with E-state index < -0.39 is 0 Å². The quantitative estimate of drug-likeness (QED) is 0.686. The van der Waals surface area contributed by atoms with Crippen molar-refractivity contribution in [1.29, 1.82) is 0 Å². The Morgan fingerprint density at radius 2 is 2.00 bits per heavy atom. The monoisotopic (exact) mass is 312 g/mol. The topological polar surface area (TPSA) is 0 Å². The molecule has 92 valence electrons. The summed E-state index contributed by atoms with van der Waals surface area (Å²) in [6.07, 6.45) is 6.82. The molecule has 0 amide bonds. The Balaban J connectivity index is 1.80. The van der Waals surface area contributed by atoms with Gasteiger partial charge in [-0.3, -0.25) is 0 Å². The molecule has 0 radical (unpaired) electrons. The maximum atomic E-state index is 6.33. The van der Waals surface area contributed by atoms with Gasteiger partial charge in [-0.05, 0) is 60.6 Å². The van der Waals surface area contributed by atoms with Crippen molar-refractivity contribution < 1.29 is 0 Å². The summed E-state index contributed by atoms with van der Waals surface area (Å²) in [4.78, 5) is 0. The molecule has 3 rings (SSSR count). The zero-order chi connectivity index (χ0) is 11.9. The fourth-order valence-corrected chi connectivity index (χ4v) is 4.68. The normalized spacial score (nSPS) is 35.4. The van der Waals surface area contributed by atoms with Crippen molar-refractivity contribution in [2.24, 2.45) is 17.3 Å². The predicted octanol–water partition coefficient (Wildman–Crippen LogP) is 5.04. The predicted molar refractivity (Wildman–Crippen MR) is 76.4 cm³/mol. The molecule has 0 aromatic heterocycles. The van der Waals surface area contributed by atoms with Crippen LogP contribution in [-0.2, 0) is 6.42 Å². The van der Waals surface area contributed by atoms with Gasteiger partial charge in [0.05, 0.1) is 0 Å². The highest BCUT2D eigenvalue weighted by Crippen LogP contribution is 2.57. The number of fused-ring (bicyclic) bond motifs is 2. The molecule has 1 aromatic carbocycles. The molecule has 0 aliphatic heterocycles. The molecule has 2 saturated carbocycles. The van der Waals surface area contributed by atoms with E-state index in [-0.39, 0.29) is 0 Å². The molecule has 2 aliphatic rings. The van der Waals surface area contributed by atoms with Gasteiger partial charge in [-0.15, -0.1) is 11.6 Å². The molecule has 3 unspecified atom stereocenters. The molecule has 0 nitrogen and oxygen atoms in total. The lowest BCUT2D eigenvalue weighted by Crippen LogP contribution is -2.32. The van der Waals surface area contributed by atoms with E-state index in [9.17, 15) is 0 Å². The average Bonchev–Trinajstić information content (AvgIpc) is 2.93. The number of halogens is 2. The summed E-state index contributed by atoms with van der Waals surface area (Å²) >= 11 is 9.83. The fraction of sp³-hybridized carbons (Fsp3) is 0.600. The van der Waals surface area contributed by atoms with E-state index in [1.807, 2.05) is 0 Å². The molecule has 2 heteroatoms. The Bertz CT molecular complexity index is 400. The van der Waals surface area contributed by atoms with Crippen molar-refractivity contribution in [3.8, 4) is 0 Å². The van der Waals surface area contributed by atoms with Crippen LogP contribution < -0.4 is 0 Å². The number of benzene rings is 1. The first-order valence-electron chi connectivity index (χ1n) is 6.52. The summed E-state index contributed by atoms with van der Waals surface area (Å²) in [6.45, 7) is 0. The van der Waals surface area contributed by atoms with E-state index in [2.05, 4.69) is 40.2 Å². The van der Waals surface area contributed by atoms with E-state index in [1.54, 1.807) is 0 Å². The second kappa shape index (κ2) is 4.59. The molecule has 17 heavy (non-hydrogen) atoms. The molecule has 2 fully saturated rings. The fourth-order valence-electron chi connectivity index (χ4n) is 3.99. The largest absolute Gasteiger partial charge is 0.126 e. The lowest BCUT2D eigenvalue weighted by molar-refractivity contribution is 0.193. The second-order valence-electron chi connectivity index (χ2n) is 5.88. The Labute approximate surface area is 117 Å². The van der Waals surface area contributed by atoms with E-state index >= 15 is 0 Å². The summed E-state index contributed by atoms with van der Waals surface area (Å²) in [5.41, 5.74) is 1.85. The van der Waals surface area contributed by atoms with Crippen molar-refractivity contribution >= 4 is 27.5 Å². The third kappa shape index (κ3) is 2.17. The molecule has 0 spiro atoms. The molecule has 0 heterocycles. The summed E-state index contributed by atoms with van der Waals surface area (Å²) in [5.74, 6) is 2.69. The number of alkyl halides is 1. The number of hydrogen-bond acceptors (Lipinski definition) is 0. The van der Waals surface area contributed by atoms with E-state index in [0.29, 0.717) is 5.41 Å². The van der Waals surface area contributed by atoms with Gasteiger partial charge in [-0.2, -0.15) is 0 Å². The molecular formula is C15H18BrCl.